The quantitative estimate of drug-likeness (QED) is 0.447. The van der Waals surface area contributed by atoms with Crippen molar-refractivity contribution in [3.63, 3.8) is 0 Å². The SMILES string of the molecule is Cc1ccccc1CO/N=C(\N)Cn1cnc2ccccc21. The van der Waals surface area contributed by atoms with Gasteiger partial charge in [0.1, 0.15) is 6.61 Å². The summed E-state index contributed by atoms with van der Waals surface area (Å²) in [5, 5.41) is 3.99. The third kappa shape index (κ3) is 3.09. The molecule has 3 rings (SSSR count). The van der Waals surface area contributed by atoms with Gasteiger partial charge in [-0.3, -0.25) is 0 Å². The molecule has 0 bridgehead atoms. The topological polar surface area (TPSA) is 65.4 Å². The Morgan fingerprint density at radius 3 is 2.82 bits per heavy atom. The Kier molecular flexibility index (Phi) is 4.05. The second-order valence-electron chi connectivity index (χ2n) is 5.14. The first-order valence-electron chi connectivity index (χ1n) is 7.13. The number of aromatic nitrogens is 2. The van der Waals surface area contributed by atoms with Crippen LogP contribution in [0.5, 0.6) is 0 Å². The number of nitrogens with zero attached hydrogens (tertiary/aromatic N) is 3. The van der Waals surface area contributed by atoms with E-state index in [1.165, 1.54) is 5.56 Å². The normalized spacial score (nSPS) is 11.8. The van der Waals surface area contributed by atoms with Crippen molar-refractivity contribution in [2.45, 2.75) is 20.1 Å². The maximum absolute atomic E-state index is 5.93. The van der Waals surface area contributed by atoms with Gasteiger partial charge in [0.05, 0.1) is 23.9 Å². The lowest BCUT2D eigenvalue weighted by Crippen LogP contribution is -2.19. The molecular weight excluding hydrogens is 276 g/mol. The maximum Gasteiger partial charge on any atom is 0.159 e. The van der Waals surface area contributed by atoms with E-state index in [-0.39, 0.29) is 0 Å². The number of benzene rings is 2. The Bertz CT molecular complexity index is 807. The van der Waals surface area contributed by atoms with Crippen LogP contribution in [0.2, 0.25) is 0 Å². The lowest BCUT2D eigenvalue weighted by atomic mass is 10.1. The van der Waals surface area contributed by atoms with Crippen LogP contribution in [-0.2, 0) is 18.0 Å². The van der Waals surface area contributed by atoms with Crippen molar-refractivity contribution in [3.8, 4) is 0 Å². The summed E-state index contributed by atoms with van der Waals surface area (Å²) in [4.78, 5) is 9.68. The van der Waals surface area contributed by atoms with Crippen molar-refractivity contribution in [1.82, 2.24) is 9.55 Å². The monoisotopic (exact) mass is 294 g/mol. The molecule has 112 valence electrons. The highest BCUT2D eigenvalue weighted by atomic mass is 16.6. The molecule has 0 atom stereocenters. The predicted octanol–water partition coefficient (Wildman–Crippen LogP) is 2.83. The highest BCUT2D eigenvalue weighted by Gasteiger charge is 2.03. The molecule has 22 heavy (non-hydrogen) atoms. The fourth-order valence-corrected chi connectivity index (χ4v) is 2.30. The van der Waals surface area contributed by atoms with E-state index in [0.717, 1.165) is 16.6 Å². The standard InChI is InChI=1S/C17H18N4O/c1-13-6-2-3-7-14(13)11-22-20-17(18)10-21-12-19-15-8-4-5-9-16(15)21/h2-9,12H,10-11H2,1H3,(H2,18,20). The molecular formula is C17H18N4O. The number of amidine groups is 1. The Morgan fingerprint density at radius 1 is 1.18 bits per heavy atom. The number of oxime groups is 1. The zero-order chi connectivity index (χ0) is 15.4. The van der Waals surface area contributed by atoms with Crippen molar-refractivity contribution in [2.24, 2.45) is 10.9 Å². The third-order valence-corrected chi connectivity index (χ3v) is 3.52. The first kappa shape index (κ1) is 14.1. The molecule has 0 unspecified atom stereocenters. The Balaban J connectivity index is 1.64. The van der Waals surface area contributed by atoms with Crippen LogP contribution in [0, 0.1) is 6.92 Å². The van der Waals surface area contributed by atoms with Crippen molar-refractivity contribution >= 4 is 16.9 Å². The molecule has 1 aromatic heterocycles. The first-order valence-corrected chi connectivity index (χ1v) is 7.13. The number of nitrogens with two attached hydrogens (primary N) is 1. The van der Waals surface area contributed by atoms with Gasteiger partial charge in [-0.1, -0.05) is 41.6 Å². The second kappa shape index (κ2) is 6.30. The highest BCUT2D eigenvalue weighted by molar-refractivity contribution is 5.82. The molecule has 0 radical (unpaired) electrons. The molecule has 3 aromatic rings. The number of rotatable bonds is 5. The van der Waals surface area contributed by atoms with Gasteiger partial charge >= 0.3 is 0 Å². The minimum atomic E-state index is 0.414. The summed E-state index contributed by atoms with van der Waals surface area (Å²) in [6.07, 6.45) is 1.76. The molecule has 0 saturated carbocycles. The molecule has 2 N–H and O–H groups in total. The van der Waals surface area contributed by atoms with Crippen molar-refractivity contribution < 1.29 is 4.84 Å². The maximum atomic E-state index is 5.93. The molecule has 5 nitrogen and oxygen atoms in total. The molecule has 1 heterocycles. The minimum Gasteiger partial charge on any atom is -0.389 e. The molecule has 5 heteroatoms. The lowest BCUT2D eigenvalue weighted by molar-refractivity contribution is 0.129. The lowest BCUT2D eigenvalue weighted by Gasteiger charge is -2.06. The van der Waals surface area contributed by atoms with E-state index < -0.39 is 0 Å². The van der Waals surface area contributed by atoms with Gasteiger partial charge in [-0.25, -0.2) is 4.98 Å². The van der Waals surface area contributed by atoms with Gasteiger partial charge in [0.2, 0.25) is 0 Å². The smallest absolute Gasteiger partial charge is 0.159 e. The van der Waals surface area contributed by atoms with Gasteiger partial charge in [-0.15, -0.1) is 0 Å². The zero-order valence-electron chi connectivity index (χ0n) is 12.4. The van der Waals surface area contributed by atoms with Crippen LogP contribution in [0.15, 0.2) is 60.0 Å². The molecule has 0 amide bonds. The van der Waals surface area contributed by atoms with Gasteiger partial charge < -0.3 is 15.1 Å². The van der Waals surface area contributed by atoms with Gasteiger partial charge in [-0.05, 0) is 30.2 Å². The third-order valence-electron chi connectivity index (χ3n) is 3.52. The second-order valence-corrected chi connectivity index (χ2v) is 5.14. The Hall–Kier alpha value is -2.82. The number of para-hydroxylation sites is 2. The van der Waals surface area contributed by atoms with Crippen LogP contribution >= 0.6 is 0 Å². The van der Waals surface area contributed by atoms with E-state index in [2.05, 4.69) is 10.1 Å². The van der Waals surface area contributed by atoms with E-state index in [4.69, 9.17) is 10.6 Å². The summed E-state index contributed by atoms with van der Waals surface area (Å²) in [6.45, 7) is 2.91. The van der Waals surface area contributed by atoms with E-state index >= 15 is 0 Å². The van der Waals surface area contributed by atoms with Crippen LogP contribution in [0.1, 0.15) is 11.1 Å². The largest absolute Gasteiger partial charge is 0.389 e. The molecule has 0 fully saturated rings. The summed E-state index contributed by atoms with van der Waals surface area (Å²) in [5.74, 6) is 0.414. The summed E-state index contributed by atoms with van der Waals surface area (Å²) in [5.41, 5.74) is 10.2. The van der Waals surface area contributed by atoms with Gasteiger partial charge in [0.15, 0.2) is 5.84 Å². The van der Waals surface area contributed by atoms with E-state index in [0.29, 0.717) is 19.0 Å². The van der Waals surface area contributed by atoms with E-state index in [1.807, 2.05) is 60.0 Å². The van der Waals surface area contributed by atoms with Crippen LogP contribution in [0.3, 0.4) is 0 Å². The molecule has 0 saturated heterocycles. The summed E-state index contributed by atoms with van der Waals surface area (Å²) in [7, 11) is 0. The molecule has 0 spiro atoms. The van der Waals surface area contributed by atoms with E-state index in [9.17, 15) is 0 Å². The van der Waals surface area contributed by atoms with Gasteiger partial charge in [-0.2, -0.15) is 0 Å². The molecule has 0 aliphatic heterocycles. The first-order chi connectivity index (χ1) is 10.7. The van der Waals surface area contributed by atoms with Crippen LogP contribution in [0.4, 0.5) is 0 Å². The average Bonchev–Trinajstić information content (AvgIpc) is 2.92. The average molecular weight is 294 g/mol. The zero-order valence-corrected chi connectivity index (χ0v) is 12.4. The number of aryl methyl sites for hydroxylation is 1. The van der Waals surface area contributed by atoms with Crippen molar-refractivity contribution in [1.29, 1.82) is 0 Å². The highest BCUT2D eigenvalue weighted by Crippen LogP contribution is 2.11. The predicted molar refractivity (Wildman–Crippen MR) is 87.3 cm³/mol. The molecule has 0 aliphatic rings. The van der Waals surface area contributed by atoms with Crippen molar-refractivity contribution in [3.05, 3.63) is 66.0 Å². The van der Waals surface area contributed by atoms with E-state index in [1.54, 1.807) is 6.33 Å². The number of imidazole rings is 1. The number of hydrogen-bond donors (Lipinski definition) is 1. The minimum absolute atomic E-state index is 0.414. The van der Waals surface area contributed by atoms with Crippen molar-refractivity contribution in [2.75, 3.05) is 0 Å². The van der Waals surface area contributed by atoms with Gasteiger partial charge in [0.25, 0.3) is 0 Å². The molecule has 0 aliphatic carbocycles. The number of hydrogen-bond acceptors (Lipinski definition) is 3. The summed E-state index contributed by atoms with van der Waals surface area (Å²) < 4.78 is 1.95. The summed E-state index contributed by atoms with van der Waals surface area (Å²) >= 11 is 0. The Labute approximate surface area is 129 Å². The van der Waals surface area contributed by atoms with Gasteiger partial charge in [0, 0.05) is 0 Å². The fourth-order valence-electron chi connectivity index (χ4n) is 2.30. The van der Waals surface area contributed by atoms with Crippen LogP contribution < -0.4 is 5.73 Å². The summed E-state index contributed by atoms with van der Waals surface area (Å²) in [6, 6.07) is 16.0. The number of fused-ring (bicyclic) bond motifs is 1. The van der Waals surface area contributed by atoms with Crippen LogP contribution in [0.25, 0.3) is 11.0 Å². The Morgan fingerprint density at radius 2 is 1.95 bits per heavy atom. The molecule has 2 aromatic carbocycles. The fraction of sp³-hybridized carbons (Fsp3) is 0.176. The van der Waals surface area contributed by atoms with Crippen LogP contribution in [-0.4, -0.2) is 15.4 Å².